The van der Waals surface area contributed by atoms with E-state index in [0.29, 0.717) is 22.7 Å². The maximum atomic E-state index is 13.7. The predicted octanol–water partition coefficient (Wildman–Crippen LogP) is 5.55. The van der Waals surface area contributed by atoms with Crippen LogP contribution in [0.3, 0.4) is 0 Å². The van der Waals surface area contributed by atoms with Crippen molar-refractivity contribution in [3.8, 4) is 0 Å². The number of rotatable bonds is 2. The third-order valence-electron chi connectivity index (χ3n) is 2.73. The molecule has 0 N–H and O–H groups in total. The van der Waals surface area contributed by atoms with Gasteiger partial charge in [0, 0.05) is 22.7 Å². The fraction of sp³-hybridized carbons (Fsp3) is 0.143. The molecule has 0 aliphatic rings. The summed E-state index contributed by atoms with van der Waals surface area (Å²) in [5.74, 6) is -2.85. The van der Waals surface area contributed by atoms with E-state index in [1.165, 1.54) is 0 Å². The molecule has 0 heterocycles. The highest BCUT2D eigenvalue weighted by Crippen LogP contribution is 2.38. The topological polar surface area (TPSA) is 0 Å². The standard InChI is InChI=1S/C14H9BrClF3/c1-7-2-3-9(10(16)4-7)14(15)13-11(18)5-8(17)6-12(13)19/h2-6,14H,1H3. The Hall–Kier alpha value is -1.00. The normalized spacial score (nSPS) is 12.5. The first-order valence-corrected chi connectivity index (χ1v) is 6.74. The van der Waals surface area contributed by atoms with Gasteiger partial charge >= 0.3 is 0 Å². The molecule has 2 rings (SSSR count). The van der Waals surface area contributed by atoms with Gasteiger partial charge in [-0.25, -0.2) is 13.2 Å². The Morgan fingerprint density at radius 1 is 1.05 bits per heavy atom. The van der Waals surface area contributed by atoms with Gasteiger partial charge in [0.1, 0.15) is 17.5 Å². The van der Waals surface area contributed by atoms with Crippen LogP contribution in [-0.4, -0.2) is 0 Å². The number of benzene rings is 2. The van der Waals surface area contributed by atoms with Gasteiger partial charge in [0.15, 0.2) is 0 Å². The zero-order valence-corrected chi connectivity index (χ0v) is 12.2. The van der Waals surface area contributed by atoms with Crippen molar-refractivity contribution in [2.45, 2.75) is 11.8 Å². The molecule has 0 spiro atoms. The molecular weight excluding hydrogens is 341 g/mol. The van der Waals surface area contributed by atoms with Crippen molar-refractivity contribution in [1.29, 1.82) is 0 Å². The van der Waals surface area contributed by atoms with Gasteiger partial charge in [0.25, 0.3) is 0 Å². The summed E-state index contributed by atoms with van der Waals surface area (Å²) in [4.78, 5) is -0.777. The van der Waals surface area contributed by atoms with Crippen LogP contribution in [0.25, 0.3) is 0 Å². The lowest BCUT2D eigenvalue weighted by Gasteiger charge is -2.15. The van der Waals surface area contributed by atoms with Gasteiger partial charge < -0.3 is 0 Å². The van der Waals surface area contributed by atoms with Gasteiger partial charge in [-0.3, -0.25) is 0 Å². The van der Waals surface area contributed by atoms with Crippen LogP contribution in [0, 0.1) is 24.4 Å². The molecule has 0 radical (unpaired) electrons. The van der Waals surface area contributed by atoms with Crippen LogP contribution in [0.5, 0.6) is 0 Å². The van der Waals surface area contributed by atoms with E-state index in [9.17, 15) is 13.2 Å². The first-order chi connectivity index (χ1) is 8.90. The largest absolute Gasteiger partial charge is 0.207 e. The summed E-state index contributed by atoms with van der Waals surface area (Å²) in [6.45, 7) is 1.86. The molecule has 5 heteroatoms. The molecular formula is C14H9BrClF3. The molecule has 0 saturated heterocycles. The van der Waals surface area contributed by atoms with Crippen LogP contribution >= 0.6 is 27.5 Å². The molecule has 0 aliphatic heterocycles. The molecule has 2 aromatic carbocycles. The lowest BCUT2D eigenvalue weighted by atomic mass is 10.0. The summed E-state index contributed by atoms with van der Waals surface area (Å²) in [6.07, 6.45) is 0. The van der Waals surface area contributed by atoms with E-state index in [-0.39, 0.29) is 5.56 Å². The molecule has 0 fully saturated rings. The number of alkyl halides is 1. The number of hydrogen-bond acceptors (Lipinski definition) is 0. The van der Waals surface area contributed by atoms with E-state index in [0.717, 1.165) is 5.56 Å². The maximum absolute atomic E-state index is 13.7. The third kappa shape index (κ3) is 2.95. The number of hydrogen-bond donors (Lipinski definition) is 0. The highest BCUT2D eigenvalue weighted by molar-refractivity contribution is 9.09. The Morgan fingerprint density at radius 2 is 1.63 bits per heavy atom. The molecule has 0 nitrogen and oxygen atoms in total. The van der Waals surface area contributed by atoms with Crippen LogP contribution in [0.4, 0.5) is 13.2 Å². The monoisotopic (exact) mass is 348 g/mol. The summed E-state index contributed by atoms with van der Waals surface area (Å²) in [6, 6.07) is 6.46. The zero-order chi connectivity index (χ0) is 14.2. The maximum Gasteiger partial charge on any atom is 0.133 e. The first kappa shape index (κ1) is 14.4. The Kier molecular flexibility index (Phi) is 4.21. The summed E-state index contributed by atoms with van der Waals surface area (Å²) in [7, 11) is 0. The Morgan fingerprint density at radius 3 is 2.16 bits per heavy atom. The van der Waals surface area contributed by atoms with E-state index in [4.69, 9.17) is 11.6 Å². The van der Waals surface area contributed by atoms with E-state index in [2.05, 4.69) is 15.9 Å². The molecule has 1 atom stereocenters. The minimum atomic E-state index is -0.951. The molecule has 19 heavy (non-hydrogen) atoms. The molecule has 0 saturated carbocycles. The van der Waals surface area contributed by atoms with Gasteiger partial charge in [0.05, 0.1) is 4.83 Å². The summed E-state index contributed by atoms with van der Waals surface area (Å²) in [5.41, 5.74) is 1.21. The zero-order valence-electron chi connectivity index (χ0n) is 9.85. The van der Waals surface area contributed by atoms with E-state index in [1.54, 1.807) is 18.2 Å². The van der Waals surface area contributed by atoms with Gasteiger partial charge in [0.2, 0.25) is 0 Å². The van der Waals surface area contributed by atoms with Crippen molar-refractivity contribution in [3.63, 3.8) is 0 Å². The van der Waals surface area contributed by atoms with E-state index in [1.807, 2.05) is 6.92 Å². The fourth-order valence-electron chi connectivity index (χ4n) is 1.79. The molecule has 2 aromatic rings. The smallest absolute Gasteiger partial charge is 0.133 e. The minimum Gasteiger partial charge on any atom is -0.207 e. The quantitative estimate of drug-likeness (QED) is 0.624. The first-order valence-electron chi connectivity index (χ1n) is 5.44. The SMILES string of the molecule is Cc1ccc(C(Br)c2c(F)cc(F)cc2F)c(Cl)c1. The fourth-order valence-corrected chi connectivity index (χ4v) is 3.10. The minimum absolute atomic E-state index is 0.257. The summed E-state index contributed by atoms with van der Waals surface area (Å²) >= 11 is 9.27. The average molecular weight is 350 g/mol. The van der Waals surface area contributed by atoms with Crippen molar-refractivity contribution < 1.29 is 13.2 Å². The van der Waals surface area contributed by atoms with Crippen molar-refractivity contribution >= 4 is 27.5 Å². The van der Waals surface area contributed by atoms with Crippen molar-refractivity contribution in [2.75, 3.05) is 0 Å². The number of halogens is 5. The van der Waals surface area contributed by atoms with Crippen LogP contribution in [0.2, 0.25) is 5.02 Å². The lowest BCUT2D eigenvalue weighted by molar-refractivity contribution is 0.527. The lowest BCUT2D eigenvalue weighted by Crippen LogP contribution is -2.02. The van der Waals surface area contributed by atoms with E-state index >= 15 is 0 Å². The van der Waals surface area contributed by atoms with Crippen molar-refractivity contribution in [1.82, 2.24) is 0 Å². The van der Waals surface area contributed by atoms with Crippen LogP contribution in [0.15, 0.2) is 30.3 Å². The molecule has 0 aliphatic carbocycles. The molecule has 1 unspecified atom stereocenters. The molecule has 0 amide bonds. The molecule has 0 aromatic heterocycles. The Balaban J connectivity index is 2.53. The van der Waals surface area contributed by atoms with Crippen molar-refractivity contribution in [2.24, 2.45) is 0 Å². The van der Waals surface area contributed by atoms with Gasteiger partial charge in [-0.1, -0.05) is 39.7 Å². The van der Waals surface area contributed by atoms with Gasteiger partial charge in [-0.2, -0.15) is 0 Å². The third-order valence-corrected chi connectivity index (χ3v) is 4.00. The van der Waals surface area contributed by atoms with Crippen LogP contribution in [-0.2, 0) is 0 Å². The summed E-state index contributed by atoms with van der Waals surface area (Å²) < 4.78 is 40.3. The van der Waals surface area contributed by atoms with Crippen molar-refractivity contribution in [3.05, 3.63) is 69.5 Å². The van der Waals surface area contributed by atoms with Crippen LogP contribution < -0.4 is 0 Å². The Bertz CT molecular complexity index is 605. The van der Waals surface area contributed by atoms with Gasteiger partial charge in [-0.05, 0) is 24.1 Å². The van der Waals surface area contributed by atoms with Crippen LogP contribution in [0.1, 0.15) is 21.5 Å². The molecule has 0 bridgehead atoms. The molecule has 100 valence electrons. The predicted molar refractivity (Wildman–Crippen MR) is 73.3 cm³/mol. The summed E-state index contributed by atoms with van der Waals surface area (Å²) in [5, 5.41) is 0.394. The highest BCUT2D eigenvalue weighted by atomic mass is 79.9. The highest BCUT2D eigenvalue weighted by Gasteiger charge is 2.22. The van der Waals surface area contributed by atoms with E-state index < -0.39 is 22.3 Å². The second-order valence-corrected chi connectivity index (χ2v) is 5.49. The van der Waals surface area contributed by atoms with Gasteiger partial charge in [-0.15, -0.1) is 0 Å². The second kappa shape index (κ2) is 5.55. The average Bonchev–Trinajstić information content (AvgIpc) is 2.26. The number of aryl methyl sites for hydroxylation is 1. The second-order valence-electron chi connectivity index (χ2n) is 4.17. The Labute approximate surface area is 122 Å².